The fourth-order valence-corrected chi connectivity index (χ4v) is 4.10. The molecular weight excluding hydrogens is 396 g/mol. The van der Waals surface area contributed by atoms with Crippen LogP contribution in [0.25, 0.3) is 10.9 Å². The summed E-state index contributed by atoms with van der Waals surface area (Å²) in [6.07, 6.45) is 0. The molecule has 2 aromatic carbocycles. The minimum atomic E-state index is -0.518. The number of rotatable bonds is 5. The fraction of sp³-hybridized carbons (Fsp3) is 0.348. The van der Waals surface area contributed by atoms with E-state index >= 15 is 0 Å². The highest BCUT2D eigenvalue weighted by atomic mass is 16.5. The number of para-hydroxylation sites is 1. The molecule has 162 valence electrons. The Bertz CT molecular complexity index is 1190. The molecule has 31 heavy (non-hydrogen) atoms. The summed E-state index contributed by atoms with van der Waals surface area (Å²) in [5.41, 5.74) is 0.994. The van der Waals surface area contributed by atoms with Crippen LogP contribution in [0.2, 0.25) is 0 Å². The summed E-state index contributed by atoms with van der Waals surface area (Å²) in [6, 6.07) is 14.9. The number of methoxy groups -OCH3 is 1. The predicted molar refractivity (Wildman–Crippen MR) is 120 cm³/mol. The van der Waals surface area contributed by atoms with E-state index in [4.69, 9.17) is 4.74 Å². The summed E-state index contributed by atoms with van der Waals surface area (Å²) in [4.78, 5) is 44.7. The number of aromatic nitrogens is 2. The van der Waals surface area contributed by atoms with Crippen LogP contribution in [0.1, 0.15) is 17.3 Å². The maximum atomic E-state index is 13.0. The molecule has 0 saturated carbocycles. The van der Waals surface area contributed by atoms with Gasteiger partial charge in [0.2, 0.25) is 0 Å². The number of fused-ring (bicyclic) bond motifs is 1. The molecule has 1 aliphatic heterocycles. The van der Waals surface area contributed by atoms with Crippen LogP contribution < -0.4 is 16.1 Å². The molecule has 4 rings (SSSR count). The molecule has 8 heteroatoms. The van der Waals surface area contributed by atoms with Gasteiger partial charge in [0.15, 0.2) is 0 Å². The smallest absolute Gasteiger partial charge is 0.337 e. The molecule has 0 radical (unpaired) electrons. The van der Waals surface area contributed by atoms with Crippen LogP contribution in [0.5, 0.6) is 0 Å². The maximum absolute atomic E-state index is 13.0. The molecular formula is C23H26N4O4. The summed E-state index contributed by atoms with van der Waals surface area (Å²) >= 11 is 0. The summed E-state index contributed by atoms with van der Waals surface area (Å²) in [5, 5.41) is 0.369. The molecule has 1 N–H and O–H groups in total. The van der Waals surface area contributed by atoms with Gasteiger partial charge in [-0.2, -0.15) is 0 Å². The molecule has 2 heterocycles. The number of hydrogen-bond donors (Lipinski definition) is 1. The van der Waals surface area contributed by atoms with Gasteiger partial charge in [-0.3, -0.25) is 14.3 Å². The number of anilines is 1. The van der Waals surface area contributed by atoms with Crippen molar-refractivity contribution in [3.8, 4) is 0 Å². The second-order valence-corrected chi connectivity index (χ2v) is 7.81. The van der Waals surface area contributed by atoms with Crippen molar-refractivity contribution in [1.82, 2.24) is 14.5 Å². The quantitative estimate of drug-likeness (QED) is 0.630. The first-order chi connectivity index (χ1) is 15.0. The van der Waals surface area contributed by atoms with E-state index in [0.717, 1.165) is 26.2 Å². The van der Waals surface area contributed by atoms with Crippen LogP contribution in [-0.2, 0) is 11.3 Å². The van der Waals surface area contributed by atoms with Gasteiger partial charge in [0, 0.05) is 44.5 Å². The van der Waals surface area contributed by atoms with Crippen molar-refractivity contribution in [1.29, 1.82) is 0 Å². The third kappa shape index (κ3) is 4.25. The number of carbonyl (C=O) groups excluding carboxylic acids is 1. The lowest BCUT2D eigenvalue weighted by Crippen LogP contribution is -2.52. The van der Waals surface area contributed by atoms with Gasteiger partial charge in [-0.1, -0.05) is 18.2 Å². The average Bonchev–Trinajstić information content (AvgIpc) is 2.81. The van der Waals surface area contributed by atoms with Crippen LogP contribution in [0.4, 0.5) is 5.69 Å². The van der Waals surface area contributed by atoms with Crippen molar-refractivity contribution in [2.24, 2.45) is 0 Å². The zero-order chi connectivity index (χ0) is 22.0. The Morgan fingerprint density at radius 2 is 1.77 bits per heavy atom. The molecule has 0 bridgehead atoms. The van der Waals surface area contributed by atoms with Gasteiger partial charge in [0.05, 0.1) is 23.6 Å². The molecule has 8 nitrogen and oxygen atoms in total. The molecule has 3 aromatic rings. The van der Waals surface area contributed by atoms with E-state index in [9.17, 15) is 14.4 Å². The molecule has 0 amide bonds. The lowest BCUT2D eigenvalue weighted by molar-refractivity contribution is 0.0601. The summed E-state index contributed by atoms with van der Waals surface area (Å²) in [6.45, 7) is 5.85. The zero-order valence-electron chi connectivity index (χ0n) is 17.7. The van der Waals surface area contributed by atoms with Gasteiger partial charge in [-0.05, 0) is 37.3 Å². The topological polar surface area (TPSA) is 87.6 Å². The SMILES string of the molecule is COC(=O)c1ccc2c(=O)n(C[C@@H](C)N3CCN(c4ccccc4)CC3)c(=O)[nH]c2c1. The van der Waals surface area contributed by atoms with Gasteiger partial charge in [-0.15, -0.1) is 0 Å². The van der Waals surface area contributed by atoms with E-state index in [1.54, 1.807) is 6.07 Å². The fourth-order valence-electron chi connectivity index (χ4n) is 4.10. The third-order valence-electron chi connectivity index (χ3n) is 5.91. The van der Waals surface area contributed by atoms with Crippen molar-refractivity contribution < 1.29 is 9.53 Å². The third-order valence-corrected chi connectivity index (χ3v) is 5.91. The van der Waals surface area contributed by atoms with Crippen LogP contribution >= 0.6 is 0 Å². The molecule has 0 unspecified atom stereocenters. The number of piperazine rings is 1. The highest BCUT2D eigenvalue weighted by Crippen LogP contribution is 2.17. The first kappa shape index (κ1) is 20.9. The number of nitrogens with one attached hydrogen (secondary N) is 1. The molecule has 1 saturated heterocycles. The summed E-state index contributed by atoms with van der Waals surface area (Å²) in [7, 11) is 1.29. The predicted octanol–water partition coefficient (Wildman–Crippen LogP) is 1.69. The molecule has 1 fully saturated rings. The Morgan fingerprint density at radius 3 is 2.45 bits per heavy atom. The minimum Gasteiger partial charge on any atom is -0.465 e. The Labute approximate surface area is 179 Å². The zero-order valence-corrected chi connectivity index (χ0v) is 17.7. The normalized spacial score (nSPS) is 15.7. The first-order valence-corrected chi connectivity index (χ1v) is 10.4. The van der Waals surface area contributed by atoms with Crippen LogP contribution in [0, 0.1) is 0 Å². The average molecular weight is 422 g/mol. The Morgan fingerprint density at radius 1 is 1.06 bits per heavy atom. The van der Waals surface area contributed by atoms with Crippen LogP contribution in [0.3, 0.4) is 0 Å². The van der Waals surface area contributed by atoms with E-state index in [1.165, 1.54) is 29.5 Å². The van der Waals surface area contributed by atoms with Crippen molar-refractivity contribution in [2.45, 2.75) is 19.5 Å². The van der Waals surface area contributed by atoms with Gasteiger partial charge < -0.3 is 14.6 Å². The van der Waals surface area contributed by atoms with Gasteiger partial charge in [0.25, 0.3) is 5.56 Å². The molecule has 1 aromatic heterocycles. The molecule has 0 spiro atoms. The number of hydrogen-bond acceptors (Lipinski definition) is 6. The van der Waals surface area contributed by atoms with E-state index in [-0.39, 0.29) is 17.2 Å². The van der Waals surface area contributed by atoms with Gasteiger partial charge >= 0.3 is 11.7 Å². The first-order valence-electron chi connectivity index (χ1n) is 10.4. The lowest BCUT2D eigenvalue weighted by Gasteiger charge is -2.39. The van der Waals surface area contributed by atoms with E-state index in [2.05, 4.69) is 26.9 Å². The van der Waals surface area contributed by atoms with Crippen molar-refractivity contribution in [3.05, 3.63) is 74.9 Å². The summed E-state index contributed by atoms with van der Waals surface area (Å²) < 4.78 is 5.95. The minimum absolute atomic E-state index is 0.0310. The molecule has 1 aliphatic rings. The van der Waals surface area contributed by atoms with Crippen molar-refractivity contribution in [2.75, 3.05) is 38.2 Å². The molecule has 0 aliphatic carbocycles. The van der Waals surface area contributed by atoms with Gasteiger partial charge in [0.1, 0.15) is 0 Å². The largest absolute Gasteiger partial charge is 0.465 e. The number of esters is 1. The maximum Gasteiger partial charge on any atom is 0.337 e. The van der Waals surface area contributed by atoms with E-state index in [1.807, 2.05) is 25.1 Å². The van der Waals surface area contributed by atoms with Crippen LogP contribution in [0.15, 0.2) is 58.1 Å². The number of ether oxygens (including phenoxy) is 1. The standard InChI is InChI=1S/C23H26N4O4/c1-16(25-10-12-26(13-11-25)18-6-4-3-5-7-18)15-27-21(28)19-9-8-17(22(29)31-2)14-20(19)24-23(27)30/h3-9,14,16H,10-13,15H2,1-2H3,(H,24,30)/t16-/m1/s1. The number of carbonyl (C=O) groups is 1. The number of benzene rings is 2. The van der Waals surface area contributed by atoms with Gasteiger partial charge in [-0.25, -0.2) is 9.59 Å². The van der Waals surface area contributed by atoms with Crippen molar-refractivity contribution in [3.63, 3.8) is 0 Å². The Balaban J connectivity index is 1.50. The summed E-state index contributed by atoms with van der Waals surface area (Å²) in [5.74, 6) is -0.518. The van der Waals surface area contributed by atoms with E-state index < -0.39 is 11.7 Å². The lowest BCUT2D eigenvalue weighted by atomic mass is 10.1. The highest BCUT2D eigenvalue weighted by molar-refractivity contribution is 5.93. The number of H-pyrrole nitrogens is 1. The van der Waals surface area contributed by atoms with E-state index in [0.29, 0.717) is 17.4 Å². The van der Waals surface area contributed by atoms with Crippen LogP contribution in [-0.4, -0.2) is 59.8 Å². The number of nitrogens with zero attached hydrogens (tertiary/aromatic N) is 3. The highest BCUT2D eigenvalue weighted by Gasteiger charge is 2.23. The van der Waals surface area contributed by atoms with Crippen molar-refractivity contribution >= 4 is 22.6 Å². The monoisotopic (exact) mass is 422 g/mol. The Hall–Kier alpha value is -3.39. The Kier molecular flexibility index (Phi) is 5.90. The number of aromatic amines is 1. The molecule has 1 atom stereocenters. The second kappa shape index (κ2) is 8.77. The second-order valence-electron chi connectivity index (χ2n) is 7.81.